The van der Waals surface area contributed by atoms with E-state index in [-0.39, 0.29) is 0 Å². The topological polar surface area (TPSA) is 30.5 Å². The number of nitrogens with one attached hydrogen (secondary N) is 1. The lowest BCUT2D eigenvalue weighted by Crippen LogP contribution is -2.41. The van der Waals surface area contributed by atoms with Crippen LogP contribution in [-0.2, 0) is 9.47 Å². The van der Waals surface area contributed by atoms with E-state index in [1.165, 1.54) is 24.0 Å². The van der Waals surface area contributed by atoms with Gasteiger partial charge in [0.2, 0.25) is 0 Å². The van der Waals surface area contributed by atoms with E-state index in [0.29, 0.717) is 6.04 Å². The molecule has 2 rings (SSSR count). The van der Waals surface area contributed by atoms with E-state index >= 15 is 0 Å². The van der Waals surface area contributed by atoms with Crippen LogP contribution in [0.5, 0.6) is 0 Å². The number of ether oxygens (including phenoxy) is 2. The first-order chi connectivity index (χ1) is 7.36. The summed E-state index contributed by atoms with van der Waals surface area (Å²) < 4.78 is 10.9. The van der Waals surface area contributed by atoms with Gasteiger partial charge in [-0.2, -0.15) is 0 Å². The Kier molecular flexibility index (Phi) is 4.18. The fourth-order valence-corrected chi connectivity index (χ4v) is 2.26. The smallest absolute Gasteiger partial charge is 0.0679 e. The summed E-state index contributed by atoms with van der Waals surface area (Å²) in [5, 5.41) is 3.49. The molecule has 3 heteroatoms. The molecule has 86 valence electrons. The largest absolute Gasteiger partial charge is 0.379 e. The summed E-state index contributed by atoms with van der Waals surface area (Å²) in [7, 11) is 0. The lowest BCUT2D eigenvalue weighted by atomic mass is 9.98. The van der Waals surface area contributed by atoms with Gasteiger partial charge in [0.15, 0.2) is 0 Å². The second-order valence-corrected chi connectivity index (χ2v) is 4.47. The second kappa shape index (κ2) is 5.64. The zero-order valence-corrected chi connectivity index (χ0v) is 9.55. The van der Waals surface area contributed by atoms with Crippen LogP contribution in [-0.4, -0.2) is 39.0 Å². The van der Waals surface area contributed by atoms with Crippen LogP contribution in [0.25, 0.3) is 0 Å². The Labute approximate surface area is 91.8 Å². The van der Waals surface area contributed by atoms with E-state index in [4.69, 9.17) is 9.47 Å². The van der Waals surface area contributed by atoms with Crippen LogP contribution in [0.1, 0.15) is 26.2 Å². The monoisotopic (exact) mass is 211 g/mol. The van der Waals surface area contributed by atoms with Gasteiger partial charge in [-0.25, -0.2) is 0 Å². The molecule has 15 heavy (non-hydrogen) atoms. The van der Waals surface area contributed by atoms with E-state index in [0.717, 1.165) is 39.4 Å². The van der Waals surface area contributed by atoms with E-state index < -0.39 is 0 Å². The van der Waals surface area contributed by atoms with E-state index in [1.807, 2.05) is 0 Å². The number of hydrogen-bond acceptors (Lipinski definition) is 3. The third-order valence-electron chi connectivity index (χ3n) is 3.20. The van der Waals surface area contributed by atoms with Gasteiger partial charge in [0.1, 0.15) is 0 Å². The first-order valence-corrected chi connectivity index (χ1v) is 5.92. The van der Waals surface area contributed by atoms with Crippen LogP contribution in [0.2, 0.25) is 0 Å². The lowest BCUT2D eigenvalue weighted by Gasteiger charge is -2.26. The second-order valence-electron chi connectivity index (χ2n) is 4.47. The van der Waals surface area contributed by atoms with Crippen molar-refractivity contribution in [2.45, 2.75) is 32.2 Å². The third-order valence-corrected chi connectivity index (χ3v) is 3.20. The molecule has 0 bridgehead atoms. The van der Waals surface area contributed by atoms with Crippen molar-refractivity contribution < 1.29 is 9.47 Å². The number of rotatable bonds is 2. The Morgan fingerprint density at radius 3 is 3.00 bits per heavy atom. The highest BCUT2D eigenvalue weighted by Crippen LogP contribution is 2.20. The van der Waals surface area contributed by atoms with Crippen LogP contribution in [0.3, 0.4) is 0 Å². The SMILES string of the molecule is CC(CC1COCCN1)=C1CCCOC1. The summed E-state index contributed by atoms with van der Waals surface area (Å²) in [4.78, 5) is 0. The first-order valence-electron chi connectivity index (χ1n) is 5.92. The fraction of sp³-hybridized carbons (Fsp3) is 0.833. The number of hydrogen-bond donors (Lipinski definition) is 1. The zero-order valence-electron chi connectivity index (χ0n) is 9.55. The molecule has 1 N–H and O–H groups in total. The van der Waals surface area contributed by atoms with Gasteiger partial charge >= 0.3 is 0 Å². The summed E-state index contributed by atoms with van der Waals surface area (Å²) in [5.41, 5.74) is 3.01. The first kappa shape index (κ1) is 11.1. The minimum absolute atomic E-state index is 0.508. The van der Waals surface area contributed by atoms with Crippen LogP contribution in [0, 0.1) is 0 Å². The Morgan fingerprint density at radius 1 is 1.40 bits per heavy atom. The van der Waals surface area contributed by atoms with Crippen molar-refractivity contribution >= 4 is 0 Å². The van der Waals surface area contributed by atoms with Gasteiger partial charge in [0, 0.05) is 19.2 Å². The van der Waals surface area contributed by atoms with Gasteiger partial charge < -0.3 is 14.8 Å². The predicted molar refractivity (Wildman–Crippen MR) is 60.0 cm³/mol. The molecule has 3 nitrogen and oxygen atoms in total. The predicted octanol–water partition coefficient (Wildman–Crippen LogP) is 1.49. The van der Waals surface area contributed by atoms with Crippen LogP contribution < -0.4 is 5.32 Å². The average Bonchev–Trinajstić information content (AvgIpc) is 2.31. The maximum atomic E-state index is 5.48. The molecule has 0 saturated carbocycles. The van der Waals surface area contributed by atoms with E-state index in [9.17, 15) is 0 Å². The van der Waals surface area contributed by atoms with Gasteiger partial charge in [-0.05, 0) is 31.8 Å². The molecule has 2 aliphatic rings. The Morgan fingerprint density at radius 2 is 2.33 bits per heavy atom. The molecule has 1 atom stereocenters. The quantitative estimate of drug-likeness (QED) is 0.702. The molecule has 2 saturated heterocycles. The van der Waals surface area contributed by atoms with Crippen LogP contribution in [0.15, 0.2) is 11.1 Å². The molecular formula is C12H21NO2. The summed E-state index contributed by atoms with van der Waals surface area (Å²) >= 11 is 0. The van der Waals surface area contributed by atoms with Crippen molar-refractivity contribution in [3.05, 3.63) is 11.1 Å². The van der Waals surface area contributed by atoms with Crippen molar-refractivity contribution in [3.8, 4) is 0 Å². The Balaban J connectivity index is 1.85. The molecule has 2 aliphatic heterocycles. The van der Waals surface area contributed by atoms with Crippen molar-refractivity contribution in [2.24, 2.45) is 0 Å². The standard InChI is InChI=1S/C12H21NO2/c1-10(11-3-2-5-14-8-11)7-12-9-15-6-4-13-12/h12-13H,2-9H2,1H3. The number of morpholine rings is 1. The normalized spacial score (nSPS) is 31.4. The van der Waals surface area contributed by atoms with Gasteiger partial charge in [-0.3, -0.25) is 0 Å². The van der Waals surface area contributed by atoms with E-state index in [2.05, 4.69) is 12.2 Å². The lowest BCUT2D eigenvalue weighted by molar-refractivity contribution is 0.0764. The highest BCUT2D eigenvalue weighted by molar-refractivity contribution is 5.15. The highest BCUT2D eigenvalue weighted by Gasteiger charge is 2.16. The van der Waals surface area contributed by atoms with Gasteiger partial charge in [0.25, 0.3) is 0 Å². The van der Waals surface area contributed by atoms with Crippen molar-refractivity contribution in [1.29, 1.82) is 0 Å². The minimum Gasteiger partial charge on any atom is -0.379 e. The molecular weight excluding hydrogens is 190 g/mol. The zero-order chi connectivity index (χ0) is 10.5. The third kappa shape index (κ3) is 3.30. The fourth-order valence-electron chi connectivity index (χ4n) is 2.26. The Bertz CT molecular complexity index is 224. The molecule has 0 aliphatic carbocycles. The van der Waals surface area contributed by atoms with Crippen LogP contribution in [0.4, 0.5) is 0 Å². The average molecular weight is 211 g/mol. The van der Waals surface area contributed by atoms with Gasteiger partial charge in [0.05, 0.1) is 19.8 Å². The van der Waals surface area contributed by atoms with Gasteiger partial charge in [-0.1, -0.05) is 5.57 Å². The summed E-state index contributed by atoms with van der Waals surface area (Å²) in [6.07, 6.45) is 3.51. The van der Waals surface area contributed by atoms with Crippen molar-refractivity contribution in [2.75, 3.05) is 33.0 Å². The van der Waals surface area contributed by atoms with E-state index in [1.54, 1.807) is 0 Å². The molecule has 2 heterocycles. The molecule has 2 fully saturated rings. The van der Waals surface area contributed by atoms with Crippen molar-refractivity contribution in [1.82, 2.24) is 5.32 Å². The maximum absolute atomic E-state index is 5.48. The molecule has 0 aromatic rings. The van der Waals surface area contributed by atoms with Gasteiger partial charge in [-0.15, -0.1) is 0 Å². The minimum atomic E-state index is 0.508. The molecule has 1 unspecified atom stereocenters. The summed E-state index contributed by atoms with van der Waals surface area (Å²) in [6, 6.07) is 0.508. The molecule has 0 radical (unpaired) electrons. The Hall–Kier alpha value is -0.380. The molecule has 0 aromatic carbocycles. The molecule has 0 aromatic heterocycles. The van der Waals surface area contributed by atoms with Crippen molar-refractivity contribution in [3.63, 3.8) is 0 Å². The molecule has 0 spiro atoms. The maximum Gasteiger partial charge on any atom is 0.0679 e. The summed E-state index contributed by atoms with van der Waals surface area (Å²) in [5.74, 6) is 0. The molecule has 0 amide bonds. The van der Waals surface area contributed by atoms with Crippen LogP contribution >= 0.6 is 0 Å². The highest BCUT2D eigenvalue weighted by atomic mass is 16.5. The summed E-state index contributed by atoms with van der Waals surface area (Å²) in [6.45, 7) is 6.71.